The Bertz CT molecular complexity index is 1230. The molecule has 3 aromatic rings. The van der Waals surface area contributed by atoms with Gasteiger partial charge in [-0.25, -0.2) is 5.43 Å². The first-order chi connectivity index (χ1) is 16.3. The lowest BCUT2D eigenvalue weighted by Crippen LogP contribution is -2.48. The number of hydrogen-bond donors (Lipinski definition) is 1. The number of methoxy groups -OCH3 is 2. The number of amides is 1. The summed E-state index contributed by atoms with van der Waals surface area (Å²) >= 11 is 0. The van der Waals surface area contributed by atoms with Crippen LogP contribution < -0.4 is 19.8 Å². The van der Waals surface area contributed by atoms with E-state index in [4.69, 9.17) is 13.9 Å². The molecule has 1 N–H and O–H groups in total. The van der Waals surface area contributed by atoms with Gasteiger partial charge in [-0.15, -0.1) is 0 Å². The molecule has 1 amide bonds. The molecule has 4 rings (SSSR count). The molecule has 0 bridgehead atoms. The lowest BCUT2D eigenvalue weighted by Gasteiger charge is -2.47. The summed E-state index contributed by atoms with van der Waals surface area (Å²) in [6.07, 6.45) is 3.76. The molecule has 2 heterocycles. The fourth-order valence-corrected chi connectivity index (χ4v) is 4.98. The molecule has 34 heavy (non-hydrogen) atoms. The van der Waals surface area contributed by atoms with Gasteiger partial charge in [-0.1, -0.05) is 26.0 Å². The molecule has 0 spiro atoms. The van der Waals surface area contributed by atoms with Crippen molar-refractivity contribution in [2.24, 2.45) is 5.10 Å². The quantitative estimate of drug-likeness (QED) is 0.358. The molecular weight excluding hydrogens is 430 g/mol. The van der Waals surface area contributed by atoms with E-state index < -0.39 is 5.91 Å². The summed E-state index contributed by atoms with van der Waals surface area (Å²) < 4.78 is 16.7. The number of fused-ring (bicyclic) bond motifs is 2. The normalized spacial score (nSPS) is 17.1. The van der Waals surface area contributed by atoms with Crippen molar-refractivity contribution in [3.63, 3.8) is 0 Å². The van der Waals surface area contributed by atoms with Crippen molar-refractivity contribution in [2.75, 3.05) is 25.7 Å². The van der Waals surface area contributed by atoms with E-state index in [1.807, 2.05) is 12.1 Å². The number of carbonyl (C=O) groups is 1. The lowest BCUT2D eigenvalue weighted by atomic mass is 9.79. The number of hydrogen-bond acceptors (Lipinski definition) is 6. The van der Waals surface area contributed by atoms with Crippen molar-refractivity contribution in [1.29, 1.82) is 0 Å². The number of anilines is 1. The topological polar surface area (TPSA) is 76.3 Å². The van der Waals surface area contributed by atoms with E-state index in [0.29, 0.717) is 17.3 Å². The summed E-state index contributed by atoms with van der Waals surface area (Å²) in [6, 6.07) is 11.4. The molecule has 7 heteroatoms. The van der Waals surface area contributed by atoms with E-state index in [2.05, 4.69) is 55.3 Å². The van der Waals surface area contributed by atoms with E-state index >= 15 is 0 Å². The Kier molecular flexibility index (Phi) is 6.55. The van der Waals surface area contributed by atoms with Gasteiger partial charge < -0.3 is 18.8 Å². The Balaban J connectivity index is 1.59. The molecule has 1 unspecified atom stereocenters. The third-order valence-corrected chi connectivity index (χ3v) is 6.51. The number of benzene rings is 2. The van der Waals surface area contributed by atoms with Gasteiger partial charge in [-0.2, -0.15) is 5.10 Å². The van der Waals surface area contributed by atoms with Gasteiger partial charge in [0.1, 0.15) is 5.75 Å². The largest absolute Gasteiger partial charge is 0.496 e. The summed E-state index contributed by atoms with van der Waals surface area (Å²) in [7, 11) is 3.22. The minimum atomic E-state index is -0.435. The Morgan fingerprint density at radius 1 is 1.24 bits per heavy atom. The number of ether oxygens (including phenoxy) is 2. The van der Waals surface area contributed by atoms with Crippen LogP contribution in [-0.4, -0.2) is 38.4 Å². The number of furan rings is 1. The highest BCUT2D eigenvalue weighted by molar-refractivity contribution is 5.98. The van der Waals surface area contributed by atoms with Gasteiger partial charge in [0.25, 0.3) is 0 Å². The van der Waals surface area contributed by atoms with Gasteiger partial charge in [0.2, 0.25) is 0 Å². The van der Waals surface area contributed by atoms with Crippen LogP contribution in [0.15, 0.2) is 45.9 Å². The van der Waals surface area contributed by atoms with Crippen molar-refractivity contribution in [3.05, 3.63) is 53.3 Å². The van der Waals surface area contributed by atoms with Crippen LogP contribution in [0, 0.1) is 0 Å². The summed E-state index contributed by atoms with van der Waals surface area (Å²) in [5.74, 6) is 1.43. The molecule has 0 saturated carbocycles. The lowest BCUT2D eigenvalue weighted by molar-refractivity contribution is 0.0929. The van der Waals surface area contributed by atoms with E-state index in [9.17, 15) is 4.79 Å². The van der Waals surface area contributed by atoms with Gasteiger partial charge in [-0.05, 0) is 56.4 Å². The van der Waals surface area contributed by atoms with Crippen molar-refractivity contribution < 1.29 is 18.7 Å². The second-order valence-corrected chi connectivity index (χ2v) is 9.41. The minimum absolute atomic E-state index is 0.0757. The molecule has 1 aromatic heterocycles. The van der Waals surface area contributed by atoms with Crippen LogP contribution in [0.1, 0.15) is 68.1 Å². The van der Waals surface area contributed by atoms with E-state index in [1.165, 1.54) is 11.3 Å². The fraction of sp³-hybridized carbons (Fsp3) is 0.407. The number of rotatable bonds is 7. The van der Waals surface area contributed by atoms with Crippen molar-refractivity contribution >= 4 is 28.8 Å². The third kappa shape index (κ3) is 4.34. The van der Waals surface area contributed by atoms with Crippen molar-refractivity contribution in [1.82, 2.24) is 5.43 Å². The van der Waals surface area contributed by atoms with Crippen LogP contribution in [0.25, 0.3) is 11.0 Å². The van der Waals surface area contributed by atoms with E-state index in [-0.39, 0.29) is 11.3 Å². The van der Waals surface area contributed by atoms with Gasteiger partial charge in [0.15, 0.2) is 17.1 Å². The van der Waals surface area contributed by atoms with Crippen LogP contribution in [-0.2, 0) is 0 Å². The fourth-order valence-electron chi connectivity index (χ4n) is 4.98. The van der Waals surface area contributed by atoms with Crippen LogP contribution in [0.4, 0.5) is 5.69 Å². The maximum Gasteiger partial charge on any atom is 0.307 e. The zero-order valence-electron chi connectivity index (χ0n) is 20.8. The molecule has 1 aliphatic heterocycles. The molecule has 2 aromatic carbocycles. The summed E-state index contributed by atoms with van der Waals surface area (Å²) in [4.78, 5) is 15.1. The smallest absolute Gasteiger partial charge is 0.307 e. The summed E-state index contributed by atoms with van der Waals surface area (Å²) in [6.45, 7) is 10.0. The second-order valence-electron chi connectivity index (χ2n) is 9.41. The van der Waals surface area contributed by atoms with Crippen LogP contribution in [0.5, 0.6) is 11.5 Å². The highest BCUT2D eigenvalue weighted by atomic mass is 16.5. The molecular formula is C27H33N3O4. The molecule has 1 atom stereocenters. The number of nitrogens with zero attached hydrogens (tertiary/aromatic N) is 2. The first kappa shape index (κ1) is 23.7. The molecule has 180 valence electrons. The first-order valence-electron chi connectivity index (χ1n) is 11.7. The van der Waals surface area contributed by atoms with Gasteiger partial charge >= 0.3 is 5.91 Å². The van der Waals surface area contributed by atoms with Gasteiger partial charge in [0, 0.05) is 34.8 Å². The standard InChI is InChI=1S/C27H33N3O4/c1-7-11-30-21-14-23(33-6)19(12-20(21)17(2)15-27(30,3)4)16-28-29-26(31)24-13-18-9-8-10-22(32-5)25(18)34-24/h8-10,12-14,16-17H,7,11,15H2,1-6H3,(H,29,31)/b28-16-. The summed E-state index contributed by atoms with van der Waals surface area (Å²) in [5.41, 5.74) is 6.46. The maximum atomic E-state index is 12.6. The Morgan fingerprint density at radius 2 is 2.00 bits per heavy atom. The molecule has 0 saturated heterocycles. The first-order valence-corrected chi connectivity index (χ1v) is 11.7. The minimum Gasteiger partial charge on any atom is -0.496 e. The molecule has 1 aliphatic rings. The maximum absolute atomic E-state index is 12.6. The monoisotopic (exact) mass is 463 g/mol. The average molecular weight is 464 g/mol. The van der Waals surface area contributed by atoms with Crippen LogP contribution >= 0.6 is 0 Å². The zero-order chi connectivity index (χ0) is 24.5. The molecule has 0 aliphatic carbocycles. The predicted molar refractivity (Wildman–Crippen MR) is 136 cm³/mol. The average Bonchev–Trinajstić information content (AvgIpc) is 3.26. The number of hydrazone groups is 1. The van der Waals surface area contributed by atoms with Crippen molar-refractivity contribution in [2.45, 2.75) is 52.0 Å². The molecule has 0 fully saturated rings. The predicted octanol–water partition coefficient (Wildman–Crippen LogP) is 5.72. The molecule has 0 radical (unpaired) electrons. The van der Waals surface area contributed by atoms with Crippen molar-refractivity contribution in [3.8, 4) is 11.5 Å². The van der Waals surface area contributed by atoms with E-state index in [0.717, 1.165) is 36.1 Å². The van der Waals surface area contributed by atoms with Crippen LogP contribution in [0.3, 0.4) is 0 Å². The third-order valence-electron chi connectivity index (χ3n) is 6.51. The SMILES string of the molecule is CCCN1c2cc(OC)c(/C=N\NC(=O)c3cc4cccc(OC)c4o3)cc2C(C)CC1(C)C. The Morgan fingerprint density at radius 3 is 2.71 bits per heavy atom. The zero-order valence-corrected chi connectivity index (χ0v) is 20.8. The molecule has 7 nitrogen and oxygen atoms in total. The summed E-state index contributed by atoms with van der Waals surface area (Å²) in [5, 5.41) is 4.98. The Labute approximate surface area is 200 Å². The number of carbonyl (C=O) groups excluding carboxylic acids is 1. The second kappa shape index (κ2) is 9.41. The Hall–Kier alpha value is -3.48. The van der Waals surface area contributed by atoms with Gasteiger partial charge in [-0.3, -0.25) is 4.79 Å². The highest BCUT2D eigenvalue weighted by Crippen LogP contribution is 2.45. The number of para-hydroxylation sites is 1. The number of nitrogens with one attached hydrogen (secondary N) is 1. The highest BCUT2D eigenvalue weighted by Gasteiger charge is 2.36. The van der Waals surface area contributed by atoms with E-state index in [1.54, 1.807) is 32.6 Å². The van der Waals surface area contributed by atoms with Gasteiger partial charge in [0.05, 0.1) is 20.4 Å². The van der Waals surface area contributed by atoms with Crippen LogP contribution in [0.2, 0.25) is 0 Å².